The number of carbonyl (C=O) groups excluding carboxylic acids is 1. The molecule has 12 heavy (non-hydrogen) atoms. The van der Waals surface area contributed by atoms with Crippen molar-refractivity contribution in [3.63, 3.8) is 0 Å². The molecule has 0 spiro atoms. The lowest BCUT2D eigenvalue weighted by molar-refractivity contribution is 0.275. The van der Waals surface area contributed by atoms with Crippen LogP contribution < -0.4 is 0 Å². The van der Waals surface area contributed by atoms with Crippen LogP contribution in [0, 0.1) is 11.3 Å². The Morgan fingerprint density at radius 1 is 1.58 bits per heavy atom. The molecule has 0 aliphatic rings. The third kappa shape index (κ3) is 7.00. The molecule has 5 heteroatoms. The number of carbonyl (C=O) groups is 1. The van der Waals surface area contributed by atoms with Crippen LogP contribution in [0.4, 0.5) is 4.79 Å². The van der Waals surface area contributed by atoms with Gasteiger partial charge in [-0.3, -0.25) is 9.78 Å². The van der Waals surface area contributed by atoms with E-state index >= 15 is 0 Å². The Kier molecular flexibility index (Phi) is 5.98. The molecule has 3 nitrogen and oxygen atoms in total. The van der Waals surface area contributed by atoms with Gasteiger partial charge in [0.2, 0.25) is 0 Å². The van der Waals surface area contributed by atoms with Gasteiger partial charge in [0.15, 0.2) is 0 Å². The van der Waals surface area contributed by atoms with Crippen LogP contribution in [0.1, 0.15) is 5.56 Å². The van der Waals surface area contributed by atoms with Crippen molar-refractivity contribution in [1.82, 2.24) is 4.98 Å². The first-order chi connectivity index (χ1) is 5.66. The molecule has 0 N–H and O–H groups in total. The fourth-order valence-corrected chi connectivity index (χ4v) is 0.429. The first kappa shape index (κ1) is 10.9. The quantitative estimate of drug-likeness (QED) is 0.608. The highest BCUT2D eigenvalue weighted by Crippen LogP contribution is 1.89. The van der Waals surface area contributed by atoms with Crippen molar-refractivity contribution in [3.05, 3.63) is 30.1 Å². The van der Waals surface area contributed by atoms with Crippen LogP contribution in [-0.2, 0) is 0 Å². The first-order valence-corrected chi connectivity index (χ1v) is 3.57. The third-order valence-corrected chi connectivity index (χ3v) is 0.791. The average Bonchev–Trinajstić information content (AvgIpc) is 2.05. The maximum Gasteiger partial charge on any atom is 0.313 e. The Bertz CT molecular complexity index is 277. The highest BCUT2D eigenvalue weighted by Gasteiger charge is 1.80. The minimum Gasteiger partial charge on any atom is -0.263 e. The molecule has 0 bridgehead atoms. The number of nitrogens with zero attached hydrogens (tertiary/aromatic N) is 2. The summed E-state index contributed by atoms with van der Waals surface area (Å²) >= 11 is 8.80. The van der Waals surface area contributed by atoms with Gasteiger partial charge in [0.1, 0.15) is 6.07 Å². The first-order valence-electron chi connectivity index (χ1n) is 2.82. The number of aromatic nitrogens is 1. The number of rotatable bonds is 0. The van der Waals surface area contributed by atoms with E-state index in [2.05, 4.69) is 28.2 Å². The Morgan fingerprint density at radius 2 is 2.17 bits per heavy atom. The van der Waals surface area contributed by atoms with Crippen molar-refractivity contribution in [3.8, 4) is 6.07 Å². The molecule has 0 atom stereocenters. The molecule has 62 valence electrons. The molecule has 0 unspecified atom stereocenters. The van der Waals surface area contributed by atoms with Crippen molar-refractivity contribution in [2.24, 2.45) is 0 Å². The monoisotopic (exact) mass is 202 g/mol. The van der Waals surface area contributed by atoms with Crippen LogP contribution in [-0.4, -0.2) is 9.69 Å². The van der Waals surface area contributed by atoms with Crippen molar-refractivity contribution in [2.75, 3.05) is 0 Å². The molecule has 0 saturated heterocycles. The van der Waals surface area contributed by atoms with Gasteiger partial charge in [-0.2, -0.15) is 5.26 Å². The summed E-state index contributed by atoms with van der Waals surface area (Å²) in [4.78, 5) is 12.7. The summed E-state index contributed by atoms with van der Waals surface area (Å²) in [7, 11) is 0. The summed E-state index contributed by atoms with van der Waals surface area (Å²) in [6.07, 6.45) is 3.17. The van der Waals surface area contributed by atoms with E-state index in [1.165, 1.54) is 6.20 Å². The maximum atomic E-state index is 8.98. The van der Waals surface area contributed by atoms with E-state index in [1.54, 1.807) is 18.3 Å². The van der Waals surface area contributed by atoms with E-state index in [1.807, 2.05) is 6.07 Å². The molecule has 1 aromatic rings. The number of halogens is 2. The molecule has 0 aliphatic heterocycles. The summed E-state index contributed by atoms with van der Waals surface area (Å²) in [6, 6.07) is 5.41. The lowest BCUT2D eigenvalue weighted by atomic mass is 10.3. The highest BCUT2D eigenvalue weighted by atomic mass is 35.5. The number of hydrogen-bond acceptors (Lipinski definition) is 3. The van der Waals surface area contributed by atoms with Gasteiger partial charge in [0.25, 0.3) is 0 Å². The molecule has 0 fully saturated rings. The maximum absolute atomic E-state index is 8.98. The smallest absolute Gasteiger partial charge is 0.263 e. The SMILES string of the molecule is N#Cc1cccnc1.O=C(Cl)Cl. The largest absolute Gasteiger partial charge is 0.313 e. The Hall–Kier alpha value is -1.11. The third-order valence-electron chi connectivity index (χ3n) is 0.791. The highest BCUT2D eigenvalue weighted by molar-refractivity contribution is 6.93. The van der Waals surface area contributed by atoms with Crippen molar-refractivity contribution in [2.45, 2.75) is 0 Å². The zero-order valence-corrected chi connectivity index (χ0v) is 7.38. The number of hydrogen-bond donors (Lipinski definition) is 0. The van der Waals surface area contributed by atoms with E-state index < -0.39 is 4.70 Å². The number of nitriles is 1. The van der Waals surface area contributed by atoms with Gasteiger partial charge in [-0.05, 0) is 35.3 Å². The summed E-state index contributed by atoms with van der Waals surface area (Å²) < 4.78 is -0.889. The van der Waals surface area contributed by atoms with Crippen LogP contribution in [0.2, 0.25) is 0 Å². The summed E-state index contributed by atoms with van der Waals surface area (Å²) in [6.45, 7) is 0. The second kappa shape index (κ2) is 6.59. The predicted octanol–water partition coefficient (Wildman–Crippen LogP) is 2.54. The molecule has 1 rings (SSSR count). The Morgan fingerprint density at radius 3 is 2.42 bits per heavy atom. The normalized spacial score (nSPS) is 7.42. The van der Waals surface area contributed by atoms with Gasteiger partial charge in [-0.1, -0.05) is 0 Å². The fourth-order valence-electron chi connectivity index (χ4n) is 0.429. The molecule has 0 radical (unpaired) electrons. The van der Waals surface area contributed by atoms with Gasteiger partial charge in [-0.15, -0.1) is 0 Å². The van der Waals surface area contributed by atoms with Gasteiger partial charge in [0, 0.05) is 12.4 Å². The molecule has 1 aromatic heterocycles. The van der Waals surface area contributed by atoms with Gasteiger partial charge in [-0.25, -0.2) is 0 Å². The van der Waals surface area contributed by atoms with Gasteiger partial charge >= 0.3 is 4.70 Å². The van der Waals surface area contributed by atoms with E-state index in [9.17, 15) is 0 Å². The summed E-state index contributed by atoms with van der Waals surface area (Å²) in [5.41, 5.74) is 0.604. The topological polar surface area (TPSA) is 53.8 Å². The number of pyridine rings is 1. The van der Waals surface area contributed by atoms with E-state index in [-0.39, 0.29) is 0 Å². The van der Waals surface area contributed by atoms with Crippen molar-refractivity contribution >= 4 is 27.9 Å². The van der Waals surface area contributed by atoms with Crippen LogP contribution in [0.25, 0.3) is 0 Å². The fraction of sp³-hybridized carbons (Fsp3) is 0. The lowest BCUT2D eigenvalue weighted by Gasteiger charge is -1.79. The minimum atomic E-state index is -0.889. The molecule has 0 saturated carbocycles. The lowest BCUT2D eigenvalue weighted by Crippen LogP contribution is -1.72. The van der Waals surface area contributed by atoms with E-state index in [0.717, 1.165) is 0 Å². The zero-order valence-electron chi connectivity index (χ0n) is 5.87. The van der Waals surface area contributed by atoms with Crippen LogP contribution in [0.15, 0.2) is 24.5 Å². The molecule has 1 heterocycles. The molecular weight excluding hydrogens is 199 g/mol. The molecule has 0 amide bonds. The molecular formula is C7H4Cl2N2O. The second-order valence-electron chi connectivity index (χ2n) is 1.58. The Balaban J connectivity index is 0.000000261. The van der Waals surface area contributed by atoms with Crippen molar-refractivity contribution < 1.29 is 4.79 Å². The second-order valence-corrected chi connectivity index (χ2v) is 2.46. The van der Waals surface area contributed by atoms with Crippen LogP contribution >= 0.6 is 23.2 Å². The molecule has 0 aromatic carbocycles. The van der Waals surface area contributed by atoms with Crippen LogP contribution in [0.5, 0.6) is 0 Å². The standard InChI is InChI=1S/C6H4N2.CCl2O/c7-4-6-2-1-3-8-5-6;2-1(3)4/h1-3,5H;. The average molecular weight is 203 g/mol. The summed E-state index contributed by atoms with van der Waals surface area (Å²) in [5, 5.41) is 8.25. The van der Waals surface area contributed by atoms with E-state index in [0.29, 0.717) is 5.56 Å². The van der Waals surface area contributed by atoms with Gasteiger partial charge < -0.3 is 0 Å². The van der Waals surface area contributed by atoms with Crippen LogP contribution in [0.3, 0.4) is 0 Å². The van der Waals surface area contributed by atoms with E-state index in [4.69, 9.17) is 10.1 Å². The zero-order chi connectivity index (χ0) is 9.40. The van der Waals surface area contributed by atoms with Crippen molar-refractivity contribution in [1.29, 1.82) is 5.26 Å². The Labute approximate surface area is 79.5 Å². The summed E-state index contributed by atoms with van der Waals surface area (Å²) in [5.74, 6) is 0. The predicted molar refractivity (Wildman–Crippen MR) is 46.1 cm³/mol. The van der Waals surface area contributed by atoms with Gasteiger partial charge in [0.05, 0.1) is 5.56 Å². The molecule has 0 aliphatic carbocycles. The minimum absolute atomic E-state index is 0.604.